The van der Waals surface area contributed by atoms with E-state index in [2.05, 4.69) is 10.2 Å². The third-order valence-corrected chi connectivity index (χ3v) is 4.65. The molecule has 1 atom stereocenters. The number of nitrogens with one attached hydrogen (secondary N) is 2. The Kier molecular flexibility index (Phi) is 4.07. The van der Waals surface area contributed by atoms with Crippen LogP contribution in [0, 0.1) is 6.92 Å². The summed E-state index contributed by atoms with van der Waals surface area (Å²) >= 11 is 6.24. The molecular weight excluding hydrogens is 302 g/mol. The number of halogens is 1. The summed E-state index contributed by atoms with van der Waals surface area (Å²) in [6.45, 7) is 3.15. The number of carbonyl (C=O) groups excluding carboxylic acids is 1. The number of H-pyrrole nitrogens is 2. The molecule has 6 heteroatoms. The molecule has 0 saturated carbocycles. The zero-order valence-electron chi connectivity index (χ0n) is 12.4. The Morgan fingerprint density at radius 3 is 2.82 bits per heavy atom. The van der Waals surface area contributed by atoms with Gasteiger partial charge < -0.3 is 10.00 Å². The molecule has 5 nitrogen and oxygen atoms in total. The van der Waals surface area contributed by atoms with Gasteiger partial charge in [-0.05, 0) is 25.0 Å². The van der Waals surface area contributed by atoms with Crippen LogP contribution in [0.3, 0.4) is 0 Å². The van der Waals surface area contributed by atoms with Gasteiger partial charge in [0.2, 0.25) is 5.91 Å². The molecule has 0 bridgehead atoms. The molecule has 1 aromatic heterocycles. The third-order valence-electron chi connectivity index (χ3n) is 4.30. The van der Waals surface area contributed by atoms with Crippen molar-refractivity contribution in [3.8, 4) is 0 Å². The number of aromatic amines is 2. The summed E-state index contributed by atoms with van der Waals surface area (Å²) in [6.07, 6.45) is 1.04. The first-order valence-electron chi connectivity index (χ1n) is 7.34. The lowest BCUT2D eigenvalue weighted by Gasteiger charge is -2.17. The van der Waals surface area contributed by atoms with E-state index >= 15 is 0 Å². The van der Waals surface area contributed by atoms with Gasteiger partial charge in [0, 0.05) is 35.3 Å². The first-order chi connectivity index (χ1) is 10.6. The van der Waals surface area contributed by atoms with Crippen LogP contribution in [0.2, 0.25) is 5.02 Å². The second-order valence-corrected chi connectivity index (χ2v) is 6.11. The first-order valence-corrected chi connectivity index (χ1v) is 7.72. The average Bonchev–Trinajstić information content (AvgIpc) is 3.10. The highest BCUT2D eigenvalue weighted by Crippen LogP contribution is 2.32. The molecule has 2 aromatic rings. The van der Waals surface area contributed by atoms with Crippen molar-refractivity contribution >= 4 is 17.5 Å². The van der Waals surface area contributed by atoms with Crippen molar-refractivity contribution in [3.05, 3.63) is 56.5 Å². The molecule has 1 saturated heterocycles. The summed E-state index contributed by atoms with van der Waals surface area (Å²) in [7, 11) is 0. The summed E-state index contributed by atoms with van der Waals surface area (Å²) in [6, 6.07) is 7.77. The van der Waals surface area contributed by atoms with E-state index in [1.165, 1.54) is 0 Å². The minimum Gasteiger partial charge on any atom is -0.342 e. The van der Waals surface area contributed by atoms with E-state index in [0.717, 1.165) is 22.7 Å². The van der Waals surface area contributed by atoms with Crippen molar-refractivity contribution in [1.29, 1.82) is 0 Å². The quantitative estimate of drug-likeness (QED) is 0.911. The fraction of sp³-hybridized carbons (Fsp3) is 0.375. The van der Waals surface area contributed by atoms with Crippen molar-refractivity contribution in [1.82, 2.24) is 15.1 Å². The van der Waals surface area contributed by atoms with E-state index in [0.29, 0.717) is 18.7 Å². The van der Waals surface area contributed by atoms with Gasteiger partial charge in [-0.15, -0.1) is 0 Å². The third kappa shape index (κ3) is 2.81. The number of carbonyl (C=O) groups is 1. The van der Waals surface area contributed by atoms with Crippen LogP contribution in [0.4, 0.5) is 0 Å². The lowest BCUT2D eigenvalue weighted by molar-refractivity contribution is -0.129. The number of likely N-dealkylation sites (tertiary alicyclic amines) is 1. The lowest BCUT2D eigenvalue weighted by atomic mass is 9.98. The molecule has 1 unspecified atom stereocenters. The predicted molar refractivity (Wildman–Crippen MR) is 85.2 cm³/mol. The summed E-state index contributed by atoms with van der Waals surface area (Å²) in [5.41, 5.74) is 2.12. The molecule has 0 aliphatic carbocycles. The molecule has 1 aromatic carbocycles. The van der Waals surface area contributed by atoms with Crippen molar-refractivity contribution in [2.24, 2.45) is 0 Å². The van der Waals surface area contributed by atoms with Crippen LogP contribution in [0.15, 0.2) is 29.1 Å². The molecule has 2 N–H and O–H groups in total. The molecule has 0 radical (unpaired) electrons. The topological polar surface area (TPSA) is 69.0 Å². The fourth-order valence-corrected chi connectivity index (χ4v) is 3.28. The van der Waals surface area contributed by atoms with Gasteiger partial charge >= 0.3 is 0 Å². The number of benzene rings is 1. The summed E-state index contributed by atoms with van der Waals surface area (Å²) in [4.78, 5) is 25.9. The van der Waals surface area contributed by atoms with Crippen molar-refractivity contribution in [2.45, 2.75) is 25.7 Å². The maximum absolute atomic E-state index is 12.4. The molecule has 22 heavy (non-hydrogen) atoms. The van der Waals surface area contributed by atoms with E-state index in [-0.39, 0.29) is 23.8 Å². The van der Waals surface area contributed by atoms with E-state index < -0.39 is 0 Å². The normalized spacial score (nSPS) is 17.9. The Morgan fingerprint density at radius 2 is 2.14 bits per heavy atom. The fourth-order valence-electron chi connectivity index (χ4n) is 2.99. The largest absolute Gasteiger partial charge is 0.342 e. The molecular formula is C16H18ClN3O2. The number of hydrogen-bond acceptors (Lipinski definition) is 2. The molecule has 1 aliphatic rings. The first kappa shape index (κ1) is 14.9. The van der Waals surface area contributed by atoms with Crippen molar-refractivity contribution in [3.63, 3.8) is 0 Å². The van der Waals surface area contributed by atoms with E-state index in [1.54, 1.807) is 6.92 Å². The summed E-state index contributed by atoms with van der Waals surface area (Å²) in [5, 5.41) is 6.01. The predicted octanol–water partition coefficient (Wildman–Crippen LogP) is 2.22. The van der Waals surface area contributed by atoms with Gasteiger partial charge in [-0.3, -0.25) is 14.7 Å². The Balaban J connectivity index is 1.69. The van der Waals surface area contributed by atoms with Crippen LogP contribution < -0.4 is 5.56 Å². The average molecular weight is 320 g/mol. The maximum atomic E-state index is 12.4. The second-order valence-electron chi connectivity index (χ2n) is 5.71. The minimum absolute atomic E-state index is 0.0113. The SMILES string of the molecule is Cc1[nH][nH]c(=O)c1CC(=O)N1CCC(c2ccccc2Cl)C1. The van der Waals surface area contributed by atoms with Crippen LogP contribution in [-0.4, -0.2) is 34.1 Å². The molecule has 3 rings (SSSR count). The van der Waals surface area contributed by atoms with Gasteiger partial charge in [0.15, 0.2) is 0 Å². The van der Waals surface area contributed by atoms with Crippen molar-refractivity contribution < 1.29 is 4.79 Å². The zero-order chi connectivity index (χ0) is 15.7. The zero-order valence-corrected chi connectivity index (χ0v) is 13.1. The van der Waals surface area contributed by atoms with Gasteiger partial charge in [0.1, 0.15) is 0 Å². The molecule has 1 amide bonds. The van der Waals surface area contributed by atoms with E-state index in [9.17, 15) is 9.59 Å². The minimum atomic E-state index is -0.215. The van der Waals surface area contributed by atoms with Crippen LogP contribution in [0.5, 0.6) is 0 Å². The smallest absolute Gasteiger partial charge is 0.267 e. The number of rotatable bonds is 3. The van der Waals surface area contributed by atoms with Gasteiger partial charge in [-0.25, -0.2) is 0 Å². The van der Waals surface area contributed by atoms with Gasteiger partial charge in [0.25, 0.3) is 5.56 Å². The number of aryl methyl sites for hydroxylation is 1. The second kappa shape index (κ2) is 6.01. The number of aromatic nitrogens is 2. The van der Waals surface area contributed by atoms with Gasteiger partial charge in [-0.2, -0.15) is 0 Å². The van der Waals surface area contributed by atoms with Gasteiger partial charge in [-0.1, -0.05) is 29.8 Å². The van der Waals surface area contributed by atoms with Crippen LogP contribution in [0.25, 0.3) is 0 Å². The van der Waals surface area contributed by atoms with Crippen LogP contribution in [0.1, 0.15) is 29.2 Å². The molecule has 2 heterocycles. The molecule has 1 aliphatic heterocycles. The standard InChI is InChI=1S/C16H18ClN3O2/c1-10-13(16(22)19-18-10)8-15(21)20-7-6-11(9-20)12-4-2-3-5-14(12)17/h2-5,11H,6-9H2,1H3,(H2,18,19,22). The number of amides is 1. The number of nitrogens with zero attached hydrogens (tertiary/aromatic N) is 1. The summed E-state index contributed by atoms with van der Waals surface area (Å²) in [5.74, 6) is 0.256. The highest BCUT2D eigenvalue weighted by atomic mass is 35.5. The number of hydrogen-bond donors (Lipinski definition) is 2. The monoisotopic (exact) mass is 319 g/mol. The highest BCUT2D eigenvalue weighted by molar-refractivity contribution is 6.31. The highest BCUT2D eigenvalue weighted by Gasteiger charge is 2.29. The lowest BCUT2D eigenvalue weighted by Crippen LogP contribution is -2.31. The van der Waals surface area contributed by atoms with Crippen molar-refractivity contribution in [2.75, 3.05) is 13.1 Å². The maximum Gasteiger partial charge on any atom is 0.267 e. The van der Waals surface area contributed by atoms with Gasteiger partial charge in [0.05, 0.1) is 6.42 Å². The van der Waals surface area contributed by atoms with Crippen LogP contribution in [-0.2, 0) is 11.2 Å². The summed E-state index contributed by atoms with van der Waals surface area (Å²) < 4.78 is 0. The molecule has 116 valence electrons. The Hall–Kier alpha value is -2.01. The Morgan fingerprint density at radius 1 is 1.36 bits per heavy atom. The van der Waals surface area contributed by atoms with E-state index in [1.807, 2.05) is 29.2 Å². The van der Waals surface area contributed by atoms with Crippen LogP contribution >= 0.6 is 11.6 Å². The molecule has 0 spiro atoms. The van der Waals surface area contributed by atoms with E-state index in [4.69, 9.17) is 11.6 Å². The molecule has 1 fully saturated rings. The Bertz CT molecular complexity index is 750. The Labute approximate surface area is 133 Å².